The number of benzene rings is 4. The van der Waals surface area contributed by atoms with Crippen LogP contribution in [0.15, 0.2) is 111 Å². The molecule has 4 rings (SSSR count). The van der Waals surface area contributed by atoms with E-state index in [2.05, 4.69) is 56.6 Å². The number of nitro benzene ring substituents is 2. The van der Waals surface area contributed by atoms with E-state index >= 15 is 0 Å². The third-order valence-corrected chi connectivity index (χ3v) is 6.95. The molecular weight excluding hydrogens is 647 g/mol. The molecule has 37 heavy (non-hydrogen) atoms. The van der Waals surface area contributed by atoms with Crippen molar-refractivity contribution >= 4 is 67.6 Å². The first kappa shape index (κ1) is 30.5. The van der Waals surface area contributed by atoms with Crippen molar-refractivity contribution in [3.8, 4) is 0 Å². The molecule has 0 aliphatic carbocycles. The van der Waals surface area contributed by atoms with Crippen molar-refractivity contribution in [1.29, 1.82) is 0 Å². The van der Waals surface area contributed by atoms with Gasteiger partial charge in [-0.05, 0) is 35.4 Å². The average Bonchev–Trinajstić information content (AvgIpc) is 2.89. The molecule has 0 N–H and O–H groups in total. The minimum atomic E-state index is -0.829. The fraction of sp³-hybridized carbons (Fsp3) is 0.0769. The van der Waals surface area contributed by atoms with Gasteiger partial charge < -0.3 is 0 Å². The summed E-state index contributed by atoms with van der Waals surface area (Å²) < 4.78 is 14.0. The highest BCUT2D eigenvalue weighted by Gasteiger charge is 2.14. The molecule has 6 nitrogen and oxygen atoms in total. The minimum absolute atomic E-state index is 0.152. The lowest BCUT2D eigenvalue weighted by atomic mass is 10.2. The molecule has 0 heterocycles. The Bertz CT molecular complexity index is 1320. The van der Waals surface area contributed by atoms with Crippen molar-refractivity contribution in [1.82, 2.24) is 0 Å². The van der Waals surface area contributed by atoms with E-state index in [0.717, 1.165) is 33.7 Å². The van der Waals surface area contributed by atoms with E-state index < -0.39 is 16.4 Å². The number of nitrogens with zero attached hydrogens (tertiary/aromatic N) is 2. The maximum absolute atomic E-state index is 12.6. The van der Waals surface area contributed by atoms with Gasteiger partial charge in [-0.2, -0.15) is 17.0 Å². The first-order valence-corrected chi connectivity index (χ1v) is 13.8. The maximum Gasteiger partial charge on any atom is 0.304 e. The highest BCUT2D eigenvalue weighted by molar-refractivity contribution is 9.10. The number of hydrogen-bond acceptors (Lipinski definition) is 6. The number of hydrogen-bond donors (Lipinski definition) is 1. The van der Waals surface area contributed by atoms with Gasteiger partial charge in [0.25, 0.3) is 5.69 Å². The van der Waals surface area contributed by atoms with Crippen molar-refractivity contribution < 1.29 is 14.2 Å². The molecule has 0 saturated carbocycles. The van der Waals surface area contributed by atoms with Gasteiger partial charge in [-0.25, -0.2) is 0 Å². The van der Waals surface area contributed by atoms with Gasteiger partial charge in [-0.15, -0.1) is 11.8 Å². The van der Waals surface area contributed by atoms with Gasteiger partial charge in [0.05, 0.1) is 14.7 Å². The summed E-state index contributed by atoms with van der Waals surface area (Å²) in [7, 11) is 0. The van der Waals surface area contributed by atoms with Crippen LogP contribution in [0.2, 0.25) is 0 Å². The number of halogens is 3. The van der Waals surface area contributed by atoms with E-state index in [1.807, 2.05) is 48.5 Å². The SMILES string of the molecule is O=[N+]([O-])c1ccc(Br)cc1F.O=[N+]([O-])c1ccc(Br)cc1SCc1ccccc1.SCc1ccccc1. The van der Waals surface area contributed by atoms with Crippen LogP contribution < -0.4 is 0 Å². The Morgan fingerprint density at radius 3 is 1.68 bits per heavy atom. The van der Waals surface area contributed by atoms with Crippen LogP contribution >= 0.6 is 56.3 Å². The molecule has 0 fully saturated rings. The smallest absolute Gasteiger partial charge is 0.258 e. The van der Waals surface area contributed by atoms with Gasteiger partial charge >= 0.3 is 5.69 Å². The van der Waals surface area contributed by atoms with Crippen LogP contribution in [0.4, 0.5) is 15.8 Å². The first-order valence-electron chi connectivity index (χ1n) is 10.6. The standard InChI is InChI=1S/C13H10BrNO2S.C7H8S.C6H3BrFNO2/c14-11-6-7-12(15(16)17)13(8-11)18-9-10-4-2-1-3-5-10;8-6-7-4-2-1-3-5-7;7-4-1-2-6(9(10)11)5(8)3-4/h1-8H,9H2;1-5,8H,6H2;1-3H. The molecule has 0 aliphatic heterocycles. The Labute approximate surface area is 240 Å². The zero-order valence-corrected chi connectivity index (χ0v) is 24.1. The van der Waals surface area contributed by atoms with E-state index in [1.165, 1.54) is 29.5 Å². The second-order valence-corrected chi connectivity index (χ2v) is 10.3. The average molecular weight is 668 g/mol. The molecule has 4 aromatic rings. The highest BCUT2D eigenvalue weighted by atomic mass is 79.9. The zero-order chi connectivity index (χ0) is 27.2. The highest BCUT2D eigenvalue weighted by Crippen LogP contribution is 2.33. The van der Waals surface area contributed by atoms with E-state index in [1.54, 1.807) is 12.1 Å². The summed E-state index contributed by atoms with van der Waals surface area (Å²) in [5, 5.41) is 21.0. The fourth-order valence-corrected chi connectivity index (χ4v) is 4.77. The molecule has 0 bridgehead atoms. The number of thioether (sulfide) groups is 1. The van der Waals surface area contributed by atoms with Crippen molar-refractivity contribution in [2.45, 2.75) is 16.4 Å². The van der Waals surface area contributed by atoms with Crippen molar-refractivity contribution in [3.05, 3.63) is 143 Å². The number of rotatable bonds is 6. The lowest BCUT2D eigenvalue weighted by molar-refractivity contribution is -0.387. The van der Waals surface area contributed by atoms with Gasteiger partial charge in [0.1, 0.15) is 0 Å². The summed E-state index contributed by atoms with van der Waals surface area (Å²) in [6, 6.07) is 28.6. The Morgan fingerprint density at radius 2 is 1.22 bits per heavy atom. The lowest BCUT2D eigenvalue weighted by Gasteiger charge is -2.04. The van der Waals surface area contributed by atoms with Crippen LogP contribution in [0.3, 0.4) is 0 Å². The molecule has 0 spiro atoms. The molecule has 192 valence electrons. The Balaban J connectivity index is 0.000000215. The first-order chi connectivity index (χ1) is 17.7. The van der Waals surface area contributed by atoms with E-state index in [4.69, 9.17) is 0 Å². The minimum Gasteiger partial charge on any atom is -0.258 e. The van der Waals surface area contributed by atoms with E-state index in [9.17, 15) is 24.6 Å². The molecule has 4 aromatic carbocycles. The Kier molecular flexibility index (Phi) is 13.3. The summed E-state index contributed by atoms with van der Waals surface area (Å²) in [5.41, 5.74) is 2.07. The van der Waals surface area contributed by atoms with Crippen LogP contribution in [0.5, 0.6) is 0 Å². The molecule has 11 heteroatoms. The summed E-state index contributed by atoms with van der Waals surface area (Å²) in [5.74, 6) is 0.725. The number of nitro groups is 2. The molecule has 0 amide bonds. The van der Waals surface area contributed by atoms with Gasteiger partial charge in [0.2, 0.25) is 5.82 Å². The summed E-state index contributed by atoms with van der Waals surface area (Å²) in [6.07, 6.45) is 0. The second-order valence-electron chi connectivity index (χ2n) is 7.14. The summed E-state index contributed by atoms with van der Waals surface area (Å²) in [4.78, 5) is 20.6. The predicted molar refractivity (Wildman–Crippen MR) is 157 cm³/mol. The number of thiol groups is 1. The predicted octanol–water partition coefficient (Wildman–Crippen LogP) is 9.26. The van der Waals surface area contributed by atoms with Crippen molar-refractivity contribution in [2.75, 3.05) is 0 Å². The Hall–Kier alpha value is -2.73. The molecule has 0 atom stereocenters. The van der Waals surface area contributed by atoms with Gasteiger partial charge in [0.15, 0.2) is 0 Å². The van der Waals surface area contributed by atoms with Crippen LogP contribution in [0.25, 0.3) is 0 Å². The quantitative estimate of drug-likeness (QED) is 0.0959. The van der Waals surface area contributed by atoms with Crippen LogP contribution in [0.1, 0.15) is 11.1 Å². The van der Waals surface area contributed by atoms with Crippen LogP contribution in [0, 0.1) is 26.0 Å². The van der Waals surface area contributed by atoms with E-state index in [0.29, 0.717) is 9.37 Å². The molecule has 0 unspecified atom stereocenters. The zero-order valence-electron chi connectivity index (χ0n) is 19.2. The maximum atomic E-state index is 12.6. The largest absolute Gasteiger partial charge is 0.304 e. The van der Waals surface area contributed by atoms with E-state index in [-0.39, 0.29) is 10.6 Å². The van der Waals surface area contributed by atoms with Gasteiger partial charge in [-0.3, -0.25) is 20.2 Å². The van der Waals surface area contributed by atoms with Crippen LogP contribution in [-0.4, -0.2) is 9.85 Å². The molecular formula is C26H21Br2FN2O4S2. The van der Waals surface area contributed by atoms with Gasteiger partial charge in [-0.1, -0.05) is 92.5 Å². The molecule has 0 aliphatic rings. The normalized spacial score (nSPS) is 9.84. The van der Waals surface area contributed by atoms with Crippen LogP contribution in [-0.2, 0) is 11.5 Å². The molecule has 0 saturated heterocycles. The third-order valence-electron chi connectivity index (χ3n) is 4.49. The monoisotopic (exact) mass is 666 g/mol. The summed E-state index contributed by atoms with van der Waals surface area (Å²) in [6.45, 7) is 0. The summed E-state index contributed by atoms with van der Waals surface area (Å²) >= 11 is 11.9. The van der Waals surface area contributed by atoms with Crippen molar-refractivity contribution in [3.63, 3.8) is 0 Å². The lowest BCUT2D eigenvalue weighted by Crippen LogP contribution is -1.91. The van der Waals surface area contributed by atoms with Crippen molar-refractivity contribution in [2.24, 2.45) is 0 Å². The second kappa shape index (κ2) is 16.2. The van der Waals surface area contributed by atoms with Gasteiger partial charge in [0, 0.05) is 32.6 Å². The Morgan fingerprint density at radius 1 is 0.730 bits per heavy atom. The molecule has 0 aromatic heterocycles. The molecule has 0 radical (unpaired) electrons. The fourth-order valence-electron chi connectivity index (χ4n) is 2.70. The third kappa shape index (κ3) is 11.0. The topological polar surface area (TPSA) is 86.3 Å².